The van der Waals surface area contributed by atoms with E-state index in [-0.39, 0.29) is 6.10 Å². The summed E-state index contributed by atoms with van der Waals surface area (Å²) in [6.07, 6.45) is 0.205. The van der Waals surface area contributed by atoms with E-state index in [4.69, 9.17) is 4.74 Å². The molecule has 0 saturated carbocycles. The molecule has 122 valence electrons. The Hall–Kier alpha value is -1.29. The average Bonchev–Trinajstić information content (AvgIpc) is 2.61. The van der Waals surface area contributed by atoms with E-state index in [1.54, 1.807) is 0 Å². The van der Waals surface area contributed by atoms with Crippen molar-refractivity contribution in [3.63, 3.8) is 0 Å². The highest BCUT2D eigenvalue weighted by Gasteiger charge is 2.27. The largest absolute Gasteiger partial charge is 0.374 e. The maximum Gasteiger partial charge on any atom is 0.0862 e. The molecule has 3 heteroatoms. The molecule has 0 aromatic heterocycles. The van der Waals surface area contributed by atoms with E-state index in [2.05, 4.69) is 73.8 Å². The molecule has 0 amide bonds. The molecule has 3 rings (SSSR count). The molecule has 2 aromatic rings. The van der Waals surface area contributed by atoms with Gasteiger partial charge in [0.25, 0.3) is 0 Å². The number of hydrogen-bond donors (Lipinski definition) is 1. The number of ether oxygens (including phenoxy) is 1. The van der Waals surface area contributed by atoms with Crippen LogP contribution in [0.3, 0.4) is 0 Å². The maximum atomic E-state index is 6.08. The van der Waals surface area contributed by atoms with Crippen LogP contribution >= 0.6 is 11.8 Å². The van der Waals surface area contributed by atoms with Crippen LogP contribution in [0.15, 0.2) is 59.5 Å². The molecule has 2 aromatic carbocycles. The molecular formula is C20H25NOS. The summed E-state index contributed by atoms with van der Waals surface area (Å²) < 4.78 is 6.08. The molecule has 0 spiro atoms. The summed E-state index contributed by atoms with van der Waals surface area (Å²) in [6, 6.07) is 19.5. The lowest BCUT2D eigenvalue weighted by Gasteiger charge is -2.31. The summed E-state index contributed by atoms with van der Waals surface area (Å²) in [5.41, 5.74) is 2.76. The van der Waals surface area contributed by atoms with Gasteiger partial charge in [-0.2, -0.15) is 0 Å². The number of benzene rings is 2. The molecular weight excluding hydrogens is 302 g/mol. The van der Waals surface area contributed by atoms with Gasteiger partial charge in [-0.15, -0.1) is 11.8 Å². The van der Waals surface area contributed by atoms with Gasteiger partial charge in [0.05, 0.1) is 18.0 Å². The zero-order valence-corrected chi connectivity index (χ0v) is 14.7. The topological polar surface area (TPSA) is 21.3 Å². The molecule has 1 unspecified atom stereocenters. The van der Waals surface area contributed by atoms with Crippen LogP contribution in [0.2, 0.25) is 0 Å². The highest BCUT2D eigenvalue weighted by atomic mass is 32.2. The quantitative estimate of drug-likeness (QED) is 0.809. The zero-order chi connectivity index (χ0) is 16.1. The fourth-order valence-electron chi connectivity index (χ4n) is 2.98. The van der Waals surface area contributed by atoms with Crippen LogP contribution in [-0.4, -0.2) is 25.8 Å². The van der Waals surface area contributed by atoms with Crippen molar-refractivity contribution in [2.75, 3.05) is 19.7 Å². The lowest BCUT2D eigenvalue weighted by Crippen LogP contribution is -2.41. The molecule has 23 heavy (non-hydrogen) atoms. The Balaban J connectivity index is 1.90. The summed E-state index contributed by atoms with van der Waals surface area (Å²) in [4.78, 5) is 1.37. The number of hydrogen-bond acceptors (Lipinski definition) is 3. The predicted octanol–water partition coefficient (Wildman–Crippen LogP) is 4.63. The third-order valence-corrected chi connectivity index (χ3v) is 5.67. The molecule has 1 aliphatic rings. The normalized spacial score (nSPS) is 19.7. The van der Waals surface area contributed by atoms with Crippen molar-refractivity contribution in [3.8, 4) is 0 Å². The van der Waals surface area contributed by atoms with Crippen molar-refractivity contribution in [1.29, 1.82) is 0 Å². The second-order valence-electron chi connectivity index (χ2n) is 6.26. The number of morpholine rings is 1. The van der Waals surface area contributed by atoms with Gasteiger partial charge in [0.2, 0.25) is 0 Å². The lowest BCUT2D eigenvalue weighted by atomic mass is 10.0. The van der Waals surface area contributed by atoms with Gasteiger partial charge in [-0.1, -0.05) is 62.4 Å². The van der Waals surface area contributed by atoms with E-state index in [1.165, 1.54) is 16.0 Å². The minimum atomic E-state index is 0.205. The van der Waals surface area contributed by atoms with Gasteiger partial charge >= 0.3 is 0 Å². The fraction of sp³-hybridized carbons (Fsp3) is 0.400. The first kappa shape index (κ1) is 16.6. The van der Waals surface area contributed by atoms with Crippen LogP contribution in [-0.2, 0) is 4.74 Å². The van der Waals surface area contributed by atoms with Crippen LogP contribution < -0.4 is 5.32 Å². The molecule has 0 aliphatic carbocycles. The van der Waals surface area contributed by atoms with Crippen molar-refractivity contribution < 1.29 is 4.74 Å². The van der Waals surface area contributed by atoms with E-state index in [9.17, 15) is 0 Å². The summed E-state index contributed by atoms with van der Waals surface area (Å²) >= 11 is 1.94. The van der Waals surface area contributed by atoms with Crippen LogP contribution in [0, 0.1) is 0 Å². The maximum absolute atomic E-state index is 6.08. The van der Waals surface area contributed by atoms with Gasteiger partial charge in [0.1, 0.15) is 0 Å². The molecule has 1 N–H and O–H groups in total. The third kappa shape index (κ3) is 4.17. The lowest BCUT2D eigenvalue weighted by molar-refractivity contribution is 0.0273. The number of thioether (sulfide) groups is 1. The van der Waals surface area contributed by atoms with Gasteiger partial charge in [0.15, 0.2) is 0 Å². The Labute approximate surface area is 143 Å². The molecule has 1 fully saturated rings. The van der Waals surface area contributed by atoms with E-state index < -0.39 is 0 Å². The Morgan fingerprint density at radius 2 is 1.78 bits per heavy atom. The minimum absolute atomic E-state index is 0.205. The monoisotopic (exact) mass is 327 g/mol. The van der Waals surface area contributed by atoms with Crippen LogP contribution in [0.5, 0.6) is 0 Å². The van der Waals surface area contributed by atoms with Gasteiger partial charge < -0.3 is 10.1 Å². The zero-order valence-electron chi connectivity index (χ0n) is 13.9. The molecule has 1 heterocycles. The van der Waals surface area contributed by atoms with Gasteiger partial charge in [-0.25, -0.2) is 0 Å². The molecule has 1 aliphatic heterocycles. The van der Waals surface area contributed by atoms with Crippen LogP contribution in [0.4, 0.5) is 0 Å². The summed E-state index contributed by atoms with van der Waals surface area (Å²) in [7, 11) is 0. The predicted molar refractivity (Wildman–Crippen MR) is 98.2 cm³/mol. The van der Waals surface area contributed by atoms with E-state index in [0.717, 1.165) is 19.7 Å². The SMILES string of the molecule is CC(C)c1ccccc1SC(c1ccccc1)[C@@H]1CNCCO1. The average molecular weight is 327 g/mol. The Bertz CT molecular complexity index is 608. The van der Waals surface area contributed by atoms with Crippen molar-refractivity contribution in [2.45, 2.75) is 36.0 Å². The fourth-order valence-corrected chi connectivity index (χ4v) is 4.47. The van der Waals surface area contributed by atoms with E-state index >= 15 is 0 Å². The highest BCUT2D eigenvalue weighted by Crippen LogP contribution is 2.42. The molecule has 0 bridgehead atoms. The second kappa shape index (κ2) is 8.00. The first-order valence-electron chi connectivity index (χ1n) is 8.38. The molecule has 2 nitrogen and oxygen atoms in total. The third-order valence-electron chi connectivity index (χ3n) is 4.22. The van der Waals surface area contributed by atoms with E-state index in [1.807, 2.05) is 11.8 Å². The Morgan fingerprint density at radius 3 is 2.48 bits per heavy atom. The smallest absolute Gasteiger partial charge is 0.0862 e. The van der Waals surface area contributed by atoms with Crippen molar-refractivity contribution >= 4 is 11.8 Å². The second-order valence-corrected chi connectivity index (χ2v) is 7.44. The van der Waals surface area contributed by atoms with Crippen LogP contribution in [0.1, 0.15) is 36.1 Å². The van der Waals surface area contributed by atoms with E-state index in [0.29, 0.717) is 11.2 Å². The van der Waals surface area contributed by atoms with Crippen LogP contribution in [0.25, 0.3) is 0 Å². The van der Waals surface area contributed by atoms with Crippen molar-refractivity contribution in [3.05, 3.63) is 65.7 Å². The molecule has 2 atom stereocenters. The Kier molecular flexibility index (Phi) is 5.76. The Morgan fingerprint density at radius 1 is 1.04 bits per heavy atom. The van der Waals surface area contributed by atoms with Crippen molar-refractivity contribution in [1.82, 2.24) is 5.32 Å². The van der Waals surface area contributed by atoms with Gasteiger partial charge in [0, 0.05) is 18.0 Å². The van der Waals surface area contributed by atoms with Gasteiger partial charge in [-0.3, -0.25) is 0 Å². The standard InChI is InChI=1S/C20H25NOS/c1-15(2)17-10-6-7-11-19(17)23-20(16-8-4-3-5-9-16)18-14-21-12-13-22-18/h3-11,15,18,20-21H,12-14H2,1-2H3/t18-,20?/m0/s1. The molecule has 0 radical (unpaired) electrons. The summed E-state index contributed by atoms with van der Waals surface area (Å²) in [5.74, 6) is 0.528. The van der Waals surface area contributed by atoms with Gasteiger partial charge in [-0.05, 0) is 23.1 Å². The minimum Gasteiger partial charge on any atom is -0.374 e. The molecule has 1 saturated heterocycles. The first-order valence-corrected chi connectivity index (χ1v) is 9.26. The number of rotatable bonds is 5. The van der Waals surface area contributed by atoms with Crippen molar-refractivity contribution in [2.24, 2.45) is 0 Å². The summed E-state index contributed by atoms with van der Waals surface area (Å²) in [5, 5.41) is 3.78. The highest BCUT2D eigenvalue weighted by molar-refractivity contribution is 7.99. The summed E-state index contributed by atoms with van der Waals surface area (Å²) in [6.45, 7) is 7.17. The number of nitrogens with one attached hydrogen (secondary N) is 1. The first-order chi connectivity index (χ1) is 11.3.